The number of aryl methyl sites for hydroxylation is 1. The van der Waals surface area contributed by atoms with Gasteiger partial charge in [0.2, 0.25) is 5.91 Å². The van der Waals surface area contributed by atoms with Gasteiger partial charge in [-0.05, 0) is 66.1 Å². The topological polar surface area (TPSA) is 42.0 Å². The summed E-state index contributed by atoms with van der Waals surface area (Å²) in [7, 11) is 0. The third kappa shape index (κ3) is 3.65. The molecule has 1 heterocycles. The number of hydrogen-bond donors (Lipinski definition) is 1. The molecule has 6 heteroatoms. The number of pyridine rings is 1. The van der Waals surface area contributed by atoms with Gasteiger partial charge in [0, 0.05) is 17.5 Å². The molecule has 1 fully saturated rings. The summed E-state index contributed by atoms with van der Waals surface area (Å²) in [5, 5.41) is 4.47. The summed E-state index contributed by atoms with van der Waals surface area (Å²) in [5.41, 5.74) is 1.34. The predicted octanol–water partition coefficient (Wildman–Crippen LogP) is 5.58. The Bertz CT molecular complexity index is 1040. The minimum atomic E-state index is -4.38. The Kier molecular flexibility index (Phi) is 4.13. The molecule has 1 saturated carbocycles. The maximum atomic E-state index is 13.0. The van der Waals surface area contributed by atoms with Crippen LogP contribution < -0.4 is 5.32 Å². The minimum Gasteiger partial charge on any atom is -0.310 e. The number of aromatic nitrogens is 1. The van der Waals surface area contributed by atoms with Gasteiger partial charge in [0.05, 0.1) is 5.56 Å². The van der Waals surface area contributed by atoms with Crippen LogP contribution in [0.25, 0.3) is 21.9 Å². The van der Waals surface area contributed by atoms with Gasteiger partial charge < -0.3 is 5.32 Å². The Morgan fingerprint density at radius 3 is 2.56 bits per heavy atom. The molecule has 3 aromatic rings. The molecule has 4 rings (SSSR count). The number of anilines is 1. The molecule has 0 unspecified atom stereocenters. The van der Waals surface area contributed by atoms with Gasteiger partial charge in [0.25, 0.3) is 0 Å². The van der Waals surface area contributed by atoms with E-state index in [2.05, 4.69) is 10.3 Å². The molecular formula is C21H17F3N2O. The average molecular weight is 370 g/mol. The molecule has 0 radical (unpaired) electrons. The van der Waals surface area contributed by atoms with Gasteiger partial charge in [-0.15, -0.1) is 0 Å². The number of rotatable bonds is 3. The van der Waals surface area contributed by atoms with Crippen molar-refractivity contribution in [2.75, 3.05) is 5.32 Å². The highest BCUT2D eigenvalue weighted by molar-refractivity contribution is 5.96. The number of nitrogens with one attached hydrogen (secondary N) is 1. The zero-order valence-corrected chi connectivity index (χ0v) is 14.6. The molecule has 1 aliphatic carbocycles. The summed E-state index contributed by atoms with van der Waals surface area (Å²) >= 11 is 0. The summed E-state index contributed by atoms with van der Waals surface area (Å²) in [6.07, 6.45) is -0.919. The maximum absolute atomic E-state index is 13.0. The summed E-state index contributed by atoms with van der Waals surface area (Å²) in [5.74, 6) is 0.564. The van der Waals surface area contributed by atoms with Gasteiger partial charge in [0.15, 0.2) is 0 Å². The molecule has 0 saturated heterocycles. The van der Waals surface area contributed by atoms with Crippen LogP contribution in [-0.4, -0.2) is 10.9 Å². The number of amides is 1. The Morgan fingerprint density at radius 2 is 1.85 bits per heavy atom. The molecule has 0 bridgehead atoms. The van der Waals surface area contributed by atoms with Crippen LogP contribution in [0.1, 0.15) is 24.0 Å². The van der Waals surface area contributed by atoms with E-state index in [-0.39, 0.29) is 11.8 Å². The lowest BCUT2D eigenvalue weighted by Crippen LogP contribution is -2.14. The lowest BCUT2D eigenvalue weighted by molar-refractivity contribution is -0.137. The number of carbonyl (C=O) groups is 1. The van der Waals surface area contributed by atoms with E-state index in [1.54, 1.807) is 25.3 Å². The van der Waals surface area contributed by atoms with Gasteiger partial charge in [-0.2, -0.15) is 13.2 Å². The first-order valence-electron chi connectivity index (χ1n) is 8.70. The number of benzene rings is 2. The fraction of sp³-hybridized carbons (Fsp3) is 0.238. The molecule has 0 atom stereocenters. The van der Waals surface area contributed by atoms with Crippen LogP contribution in [0, 0.1) is 12.8 Å². The van der Waals surface area contributed by atoms with E-state index < -0.39 is 11.7 Å². The zero-order chi connectivity index (χ0) is 19.2. The Labute approximate surface area is 154 Å². The fourth-order valence-electron chi connectivity index (χ4n) is 3.06. The minimum absolute atomic E-state index is 0.0157. The van der Waals surface area contributed by atoms with Crippen LogP contribution in [0.4, 0.5) is 19.0 Å². The van der Waals surface area contributed by atoms with E-state index in [1.807, 2.05) is 12.1 Å². The van der Waals surface area contributed by atoms with Crippen molar-refractivity contribution in [3.63, 3.8) is 0 Å². The fourth-order valence-corrected chi connectivity index (χ4v) is 3.06. The molecular weight excluding hydrogens is 353 g/mol. The SMILES string of the molecule is Cc1ccc(C(F)(F)F)cc1-c1ccc2cc(NC(=O)C3CC3)ncc2c1. The van der Waals surface area contributed by atoms with E-state index in [1.165, 1.54) is 12.1 Å². The van der Waals surface area contributed by atoms with Crippen molar-refractivity contribution in [1.82, 2.24) is 4.98 Å². The summed E-state index contributed by atoms with van der Waals surface area (Å²) < 4.78 is 39.1. The first kappa shape index (κ1) is 17.5. The Balaban J connectivity index is 1.68. The second-order valence-electron chi connectivity index (χ2n) is 6.92. The van der Waals surface area contributed by atoms with Crippen molar-refractivity contribution < 1.29 is 18.0 Å². The number of carbonyl (C=O) groups excluding carboxylic acids is 1. The average Bonchev–Trinajstić information content (AvgIpc) is 3.46. The molecule has 1 aliphatic rings. The third-order valence-corrected chi connectivity index (χ3v) is 4.80. The highest BCUT2D eigenvalue weighted by Crippen LogP contribution is 2.35. The van der Waals surface area contributed by atoms with Crippen molar-refractivity contribution in [2.45, 2.75) is 25.9 Å². The quantitative estimate of drug-likeness (QED) is 0.654. The lowest BCUT2D eigenvalue weighted by atomic mass is 9.96. The van der Waals surface area contributed by atoms with E-state index in [9.17, 15) is 18.0 Å². The molecule has 138 valence electrons. The Morgan fingerprint density at radius 1 is 1.07 bits per heavy atom. The highest BCUT2D eigenvalue weighted by atomic mass is 19.4. The number of alkyl halides is 3. The van der Waals surface area contributed by atoms with Crippen molar-refractivity contribution in [3.05, 3.63) is 59.8 Å². The van der Waals surface area contributed by atoms with Crippen molar-refractivity contribution in [2.24, 2.45) is 5.92 Å². The lowest BCUT2D eigenvalue weighted by Gasteiger charge is -2.12. The van der Waals surface area contributed by atoms with Crippen LogP contribution in [0.2, 0.25) is 0 Å². The summed E-state index contributed by atoms with van der Waals surface area (Å²) in [6.45, 7) is 1.79. The normalized spacial score (nSPS) is 14.4. The second-order valence-corrected chi connectivity index (χ2v) is 6.92. The number of nitrogens with zero attached hydrogens (tertiary/aromatic N) is 1. The summed E-state index contributed by atoms with van der Waals surface area (Å²) in [4.78, 5) is 16.1. The Hall–Kier alpha value is -2.89. The van der Waals surface area contributed by atoms with Crippen LogP contribution in [0.5, 0.6) is 0 Å². The van der Waals surface area contributed by atoms with E-state index >= 15 is 0 Å². The van der Waals surface area contributed by atoms with Crippen LogP contribution in [0.3, 0.4) is 0 Å². The predicted molar refractivity (Wildman–Crippen MR) is 98.3 cm³/mol. The van der Waals surface area contributed by atoms with Crippen molar-refractivity contribution in [1.29, 1.82) is 0 Å². The van der Waals surface area contributed by atoms with Gasteiger partial charge >= 0.3 is 6.18 Å². The zero-order valence-electron chi connectivity index (χ0n) is 14.6. The molecule has 3 nitrogen and oxygen atoms in total. The maximum Gasteiger partial charge on any atom is 0.416 e. The first-order valence-corrected chi connectivity index (χ1v) is 8.70. The molecule has 27 heavy (non-hydrogen) atoms. The smallest absolute Gasteiger partial charge is 0.310 e. The molecule has 0 aliphatic heterocycles. The molecule has 1 aromatic heterocycles. The second kappa shape index (κ2) is 6.37. The van der Waals surface area contributed by atoms with Crippen LogP contribution >= 0.6 is 0 Å². The summed E-state index contributed by atoms with van der Waals surface area (Å²) in [6, 6.07) is 11.0. The van der Waals surface area contributed by atoms with Crippen LogP contribution in [0.15, 0.2) is 48.7 Å². The van der Waals surface area contributed by atoms with Gasteiger partial charge in [-0.25, -0.2) is 4.98 Å². The van der Waals surface area contributed by atoms with Crippen LogP contribution in [-0.2, 0) is 11.0 Å². The molecule has 1 N–H and O–H groups in total. The van der Waals surface area contributed by atoms with Gasteiger partial charge in [0.1, 0.15) is 5.82 Å². The first-order chi connectivity index (χ1) is 12.8. The van der Waals surface area contributed by atoms with Crippen molar-refractivity contribution >= 4 is 22.5 Å². The largest absolute Gasteiger partial charge is 0.416 e. The number of fused-ring (bicyclic) bond motifs is 1. The number of halogens is 3. The number of hydrogen-bond acceptors (Lipinski definition) is 2. The van der Waals surface area contributed by atoms with Gasteiger partial charge in [-0.1, -0.05) is 18.2 Å². The highest BCUT2D eigenvalue weighted by Gasteiger charge is 2.31. The van der Waals surface area contributed by atoms with E-state index in [0.717, 1.165) is 35.2 Å². The standard InChI is InChI=1S/C21H17F3N2O/c1-12-2-7-17(21(22,23)24)10-18(12)15-6-5-14-9-19(25-11-16(14)8-15)26-20(27)13-3-4-13/h2,5-11,13H,3-4H2,1H3,(H,25,26,27). The van der Waals surface area contributed by atoms with E-state index in [0.29, 0.717) is 16.9 Å². The molecule has 1 amide bonds. The third-order valence-electron chi connectivity index (χ3n) is 4.80. The van der Waals surface area contributed by atoms with Crippen molar-refractivity contribution in [3.8, 4) is 11.1 Å². The van der Waals surface area contributed by atoms with E-state index in [4.69, 9.17) is 0 Å². The monoisotopic (exact) mass is 370 g/mol. The van der Waals surface area contributed by atoms with Gasteiger partial charge in [-0.3, -0.25) is 4.79 Å². The molecule has 2 aromatic carbocycles. The molecule has 0 spiro atoms.